The Morgan fingerprint density at radius 1 is 1.17 bits per heavy atom. The number of anilines is 1. The van der Waals surface area contributed by atoms with Gasteiger partial charge in [0.15, 0.2) is 0 Å². The van der Waals surface area contributed by atoms with Crippen molar-refractivity contribution < 1.29 is 9.59 Å². The molecule has 0 fully saturated rings. The van der Waals surface area contributed by atoms with E-state index in [1.165, 1.54) is 11.1 Å². The van der Waals surface area contributed by atoms with Crippen molar-refractivity contribution in [2.24, 2.45) is 5.73 Å². The molecule has 0 bridgehead atoms. The van der Waals surface area contributed by atoms with Crippen LogP contribution in [-0.4, -0.2) is 23.3 Å². The summed E-state index contributed by atoms with van der Waals surface area (Å²) in [5.74, 6) is -0.583. The van der Waals surface area contributed by atoms with Gasteiger partial charge in [0.25, 0.3) is 0 Å². The van der Waals surface area contributed by atoms with Crippen LogP contribution in [0.3, 0.4) is 0 Å². The third-order valence-electron chi connectivity index (χ3n) is 3.96. The molecular weight excluding hydrogens is 290 g/mol. The van der Waals surface area contributed by atoms with Crippen LogP contribution in [-0.2, 0) is 17.9 Å². The van der Waals surface area contributed by atoms with Crippen LogP contribution in [0.4, 0.5) is 5.69 Å². The minimum Gasteiger partial charge on any atom is -0.366 e. The Bertz CT molecular complexity index is 753. The second-order valence-electron chi connectivity index (χ2n) is 5.92. The lowest BCUT2D eigenvalue weighted by Gasteiger charge is -2.19. The van der Waals surface area contributed by atoms with Crippen LogP contribution < -0.4 is 11.1 Å². The average Bonchev–Trinajstić information content (AvgIpc) is 2.66. The fraction of sp³-hybridized carbons (Fsp3) is 0.222. The maximum atomic E-state index is 12.1. The van der Waals surface area contributed by atoms with Gasteiger partial charge in [-0.05, 0) is 30.2 Å². The standard InChI is InChI=1S/C18H19N3O2/c1-12-2-4-13(5-3-12)9-21-10-15-7-6-14(18(19)23)8-16(15)20-17(22)11-21/h2-8H,9-11H2,1H3,(H2,19,23)(H,20,22). The fourth-order valence-electron chi connectivity index (χ4n) is 2.74. The zero-order valence-corrected chi connectivity index (χ0v) is 13.0. The smallest absolute Gasteiger partial charge is 0.248 e. The summed E-state index contributed by atoms with van der Waals surface area (Å²) in [4.78, 5) is 25.5. The van der Waals surface area contributed by atoms with Crippen LogP contribution in [0.15, 0.2) is 42.5 Å². The molecule has 1 aliphatic heterocycles. The number of nitrogens with zero attached hydrogens (tertiary/aromatic N) is 1. The number of nitrogens with one attached hydrogen (secondary N) is 1. The molecule has 3 rings (SSSR count). The zero-order chi connectivity index (χ0) is 16.4. The summed E-state index contributed by atoms with van der Waals surface area (Å²) in [6.45, 7) is 3.70. The van der Waals surface area contributed by atoms with E-state index in [2.05, 4.69) is 41.4 Å². The number of amides is 2. The number of benzene rings is 2. The third-order valence-corrected chi connectivity index (χ3v) is 3.96. The topological polar surface area (TPSA) is 75.4 Å². The van der Waals surface area contributed by atoms with Gasteiger partial charge in [0.05, 0.1) is 6.54 Å². The van der Waals surface area contributed by atoms with Crippen molar-refractivity contribution in [1.82, 2.24) is 4.90 Å². The maximum Gasteiger partial charge on any atom is 0.248 e. The van der Waals surface area contributed by atoms with Gasteiger partial charge in [-0.15, -0.1) is 0 Å². The van der Waals surface area contributed by atoms with E-state index in [9.17, 15) is 9.59 Å². The number of rotatable bonds is 3. The second kappa shape index (κ2) is 6.22. The summed E-state index contributed by atoms with van der Waals surface area (Å²) < 4.78 is 0. The molecule has 23 heavy (non-hydrogen) atoms. The lowest BCUT2D eigenvalue weighted by Crippen LogP contribution is -2.29. The number of hydrogen-bond donors (Lipinski definition) is 2. The van der Waals surface area contributed by atoms with Crippen molar-refractivity contribution in [3.8, 4) is 0 Å². The second-order valence-corrected chi connectivity index (χ2v) is 5.92. The minimum atomic E-state index is -0.497. The number of aryl methyl sites for hydroxylation is 1. The van der Waals surface area contributed by atoms with Crippen LogP contribution in [0.1, 0.15) is 27.0 Å². The molecule has 5 nitrogen and oxygen atoms in total. The highest BCUT2D eigenvalue weighted by molar-refractivity contribution is 5.97. The van der Waals surface area contributed by atoms with E-state index in [1.807, 2.05) is 6.07 Å². The van der Waals surface area contributed by atoms with Gasteiger partial charge >= 0.3 is 0 Å². The maximum absolute atomic E-state index is 12.1. The molecule has 0 atom stereocenters. The average molecular weight is 309 g/mol. The molecule has 0 spiro atoms. The van der Waals surface area contributed by atoms with Gasteiger partial charge in [0, 0.05) is 24.3 Å². The number of hydrogen-bond acceptors (Lipinski definition) is 3. The van der Waals surface area contributed by atoms with E-state index in [1.54, 1.807) is 12.1 Å². The van der Waals surface area contributed by atoms with E-state index >= 15 is 0 Å². The predicted molar refractivity (Wildman–Crippen MR) is 88.9 cm³/mol. The van der Waals surface area contributed by atoms with Gasteiger partial charge in [-0.2, -0.15) is 0 Å². The number of fused-ring (bicyclic) bond motifs is 1. The Hall–Kier alpha value is -2.66. The minimum absolute atomic E-state index is 0.0857. The van der Waals surface area contributed by atoms with Gasteiger partial charge in [-0.3, -0.25) is 14.5 Å². The summed E-state index contributed by atoms with van der Waals surface area (Å²) >= 11 is 0. The summed E-state index contributed by atoms with van der Waals surface area (Å²) in [6, 6.07) is 13.5. The zero-order valence-electron chi connectivity index (χ0n) is 13.0. The molecular formula is C18H19N3O2. The first-order chi connectivity index (χ1) is 11.0. The molecule has 2 amide bonds. The molecule has 3 N–H and O–H groups in total. The first kappa shape index (κ1) is 15.2. The van der Waals surface area contributed by atoms with E-state index in [4.69, 9.17) is 5.73 Å². The first-order valence-corrected chi connectivity index (χ1v) is 7.52. The van der Waals surface area contributed by atoms with Gasteiger partial charge in [-0.25, -0.2) is 0 Å². The summed E-state index contributed by atoms with van der Waals surface area (Å²) in [7, 11) is 0. The molecule has 2 aromatic carbocycles. The molecule has 1 aliphatic rings. The highest BCUT2D eigenvalue weighted by atomic mass is 16.2. The fourth-order valence-corrected chi connectivity index (χ4v) is 2.74. The van der Waals surface area contributed by atoms with Crippen molar-refractivity contribution in [3.05, 3.63) is 64.7 Å². The molecule has 0 aromatic heterocycles. The molecule has 2 aromatic rings. The lowest BCUT2D eigenvalue weighted by atomic mass is 10.1. The molecule has 0 aliphatic carbocycles. The largest absolute Gasteiger partial charge is 0.366 e. The highest BCUT2D eigenvalue weighted by Gasteiger charge is 2.20. The molecule has 0 radical (unpaired) electrons. The van der Waals surface area contributed by atoms with Crippen LogP contribution in [0.5, 0.6) is 0 Å². The number of carbonyl (C=O) groups excluding carboxylic acids is 2. The van der Waals surface area contributed by atoms with Crippen molar-refractivity contribution >= 4 is 17.5 Å². The predicted octanol–water partition coefficient (Wildman–Crippen LogP) is 2.05. The first-order valence-electron chi connectivity index (χ1n) is 7.52. The van der Waals surface area contributed by atoms with Crippen LogP contribution in [0.2, 0.25) is 0 Å². The van der Waals surface area contributed by atoms with Crippen molar-refractivity contribution in [2.75, 3.05) is 11.9 Å². The summed E-state index contributed by atoms with van der Waals surface area (Å²) in [5.41, 5.74) is 9.73. The van der Waals surface area contributed by atoms with E-state index in [-0.39, 0.29) is 5.91 Å². The normalized spacial score (nSPS) is 14.7. The molecule has 5 heteroatoms. The number of nitrogens with two attached hydrogens (primary N) is 1. The quantitative estimate of drug-likeness (QED) is 0.911. The summed E-state index contributed by atoms with van der Waals surface area (Å²) in [6.07, 6.45) is 0. The van der Waals surface area contributed by atoms with Crippen molar-refractivity contribution in [3.63, 3.8) is 0 Å². The van der Waals surface area contributed by atoms with Gasteiger partial charge < -0.3 is 11.1 Å². The Morgan fingerprint density at radius 2 is 1.91 bits per heavy atom. The molecule has 0 saturated heterocycles. The van der Waals surface area contributed by atoms with E-state index < -0.39 is 5.91 Å². The Kier molecular flexibility index (Phi) is 4.12. The van der Waals surface area contributed by atoms with Gasteiger partial charge in [0.1, 0.15) is 0 Å². The number of carbonyl (C=O) groups is 2. The van der Waals surface area contributed by atoms with Crippen molar-refractivity contribution in [1.29, 1.82) is 0 Å². The monoisotopic (exact) mass is 309 g/mol. The molecule has 0 saturated carbocycles. The highest BCUT2D eigenvalue weighted by Crippen LogP contribution is 2.23. The lowest BCUT2D eigenvalue weighted by molar-refractivity contribution is -0.117. The molecule has 118 valence electrons. The van der Waals surface area contributed by atoms with Crippen LogP contribution >= 0.6 is 0 Å². The molecule has 1 heterocycles. The Labute approximate surface area is 135 Å². The van der Waals surface area contributed by atoms with Gasteiger partial charge in [-0.1, -0.05) is 35.9 Å². The van der Waals surface area contributed by atoms with Gasteiger partial charge in [0.2, 0.25) is 11.8 Å². The molecule has 0 unspecified atom stereocenters. The third kappa shape index (κ3) is 3.57. The number of primary amides is 1. The summed E-state index contributed by atoms with van der Waals surface area (Å²) in [5, 5.41) is 2.85. The van der Waals surface area contributed by atoms with Crippen LogP contribution in [0.25, 0.3) is 0 Å². The van der Waals surface area contributed by atoms with E-state index in [0.717, 1.165) is 5.56 Å². The Morgan fingerprint density at radius 3 is 2.61 bits per heavy atom. The SMILES string of the molecule is Cc1ccc(CN2CC(=O)Nc3cc(C(N)=O)ccc3C2)cc1. The van der Waals surface area contributed by atoms with Crippen molar-refractivity contribution in [2.45, 2.75) is 20.0 Å². The van der Waals surface area contributed by atoms with E-state index in [0.29, 0.717) is 30.9 Å². The Balaban J connectivity index is 1.83. The van der Waals surface area contributed by atoms with Crippen LogP contribution in [0, 0.1) is 6.92 Å².